The summed E-state index contributed by atoms with van der Waals surface area (Å²) in [6.45, 7) is 0. The van der Waals surface area contributed by atoms with Crippen molar-refractivity contribution in [2.75, 3.05) is 0 Å². The van der Waals surface area contributed by atoms with Gasteiger partial charge in [-0.2, -0.15) is 0 Å². The van der Waals surface area contributed by atoms with Crippen LogP contribution in [-0.4, -0.2) is 67.3 Å². The summed E-state index contributed by atoms with van der Waals surface area (Å²) in [6, 6.07) is 0. The molecule has 0 saturated heterocycles. The van der Waals surface area contributed by atoms with Gasteiger partial charge in [0.15, 0.2) is 0 Å². The van der Waals surface area contributed by atoms with Crippen LogP contribution in [0.15, 0.2) is 0 Å². The van der Waals surface area contributed by atoms with Crippen LogP contribution in [0.3, 0.4) is 0 Å². The quantitative estimate of drug-likeness (QED) is 0.244. The van der Waals surface area contributed by atoms with Crippen LogP contribution in [0.4, 0.5) is 0 Å². The molecule has 3 fully saturated rings. The van der Waals surface area contributed by atoms with Crippen LogP contribution in [-0.2, 0) is 0 Å². The van der Waals surface area contributed by atoms with Crippen molar-refractivity contribution in [3.63, 3.8) is 0 Å². The Hall–Kier alpha value is -0.240. The zero-order valence-electron chi connectivity index (χ0n) is 7.30. The first-order valence-electron chi connectivity index (χ1n) is 4.55. The van der Waals surface area contributed by atoms with E-state index in [9.17, 15) is 30.6 Å². The van der Waals surface area contributed by atoms with E-state index in [0.29, 0.717) is 0 Å². The fourth-order valence-electron chi connectivity index (χ4n) is 2.58. The minimum atomic E-state index is -1.31. The highest BCUT2D eigenvalue weighted by Gasteiger charge is 2.61. The fourth-order valence-corrected chi connectivity index (χ4v) is 2.58. The van der Waals surface area contributed by atoms with E-state index in [1.807, 2.05) is 0 Å². The summed E-state index contributed by atoms with van der Waals surface area (Å²) in [5, 5.41) is 56.7. The third-order valence-electron chi connectivity index (χ3n) is 3.42. The van der Waals surface area contributed by atoms with Crippen molar-refractivity contribution in [3.05, 3.63) is 0 Å². The fraction of sp³-hybridized carbons (Fsp3) is 1.00. The second-order valence-corrected chi connectivity index (χ2v) is 4.10. The maximum atomic E-state index is 9.45. The Balaban J connectivity index is 2.34. The van der Waals surface area contributed by atoms with Gasteiger partial charge in [-0.15, -0.1) is 0 Å². The van der Waals surface area contributed by atoms with Crippen LogP contribution in [0.5, 0.6) is 0 Å². The number of hydrogen-bond acceptors (Lipinski definition) is 6. The SMILES string of the molecule is O[C@@H]1C2[C@H](O)[C@H](O)C([C@@H]1O)[C@H](O)[C@H]2O. The van der Waals surface area contributed by atoms with Gasteiger partial charge in [0.2, 0.25) is 0 Å². The summed E-state index contributed by atoms with van der Waals surface area (Å²) in [5.74, 6) is -2.19. The van der Waals surface area contributed by atoms with Gasteiger partial charge in [0.25, 0.3) is 0 Å². The summed E-state index contributed by atoms with van der Waals surface area (Å²) in [4.78, 5) is 0. The van der Waals surface area contributed by atoms with Crippen molar-refractivity contribution in [2.24, 2.45) is 11.8 Å². The second kappa shape index (κ2) is 3.13. The van der Waals surface area contributed by atoms with Gasteiger partial charge in [0.1, 0.15) is 0 Å². The van der Waals surface area contributed by atoms with Crippen LogP contribution in [0.25, 0.3) is 0 Å². The molecule has 82 valence electrons. The Kier molecular flexibility index (Phi) is 2.30. The van der Waals surface area contributed by atoms with Gasteiger partial charge in [-0.1, -0.05) is 0 Å². The number of rotatable bonds is 0. The van der Waals surface area contributed by atoms with Gasteiger partial charge >= 0.3 is 0 Å². The average Bonchev–Trinajstić information content (AvgIpc) is 2.12. The third-order valence-corrected chi connectivity index (χ3v) is 3.42. The maximum absolute atomic E-state index is 9.45. The Morgan fingerprint density at radius 3 is 0.643 bits per heavy atom. The van der Waals surface area contributed by atoms with Crippen molar-refractivity contribution in [1.82, 2.24) is 0 Å². The van der Waals surface area contributed by atoms with Crippen molar-refractivity contribution in [3.8, 4) is 0 Å². The van der Waals surface area contributed by atoms with E-state index in [-0.39, 0.29) is 0 Å². The first-order valence-corrected chi connectivity index (χ1v) is 4.55. The number of aliphatic hydroxyl groups is 6. The summed E-state index contributed by atoms with van der Waals surface area (Å²) in [5.41, 5.74) is 0. The van der Waals surface area contributed by atoms with E-state index < -0.39 is 48.5 Å². The van der Waals surface area contributed by atoms with E-state index in [2.05, 4.69) is 0 Å². The van der Waals surface area contributed by atoms with Gasteiger partial charge in [0, 0.05) is 11.8 Å². The average molecular weight is 206 g/mol. The van der Waals surface area contributed by atoms with Crippen LogP contribution >= 0.6 is 0 Å². The smallest absolute Gasteiger partial charge is 0.0883 e. The van der Waals surface area contributed by atoms with E-state index in [1.165, 1.54) is 0 Å². The van der Waals surface area contributed by atoms with E-state index in [0.717, 1.165) is 0 Å². The lowest BCUT2D eigenvalue weighted by molar-refractivity contribution is -0.279. The van der Waals surface area contributed by atoms with Crippen molar-refractivity contribution < 1.29 is 30.6 Å². The third kappa shape index (κ3) is 1.06. The number of hydrogen-bond donors (Lipinski definition) is 6. The summed E-state index contributed by atoms with van der Waals surface area (Å²) in [7, 11) is 0. The molecule has 0 heterocycles. The molecule has 3 rings (SSSR count). The normalized spacial score (nSPS) is 63.0. The van der Waals surface area contributed by atoms with Gasteiger partial charge in [-0.05, 0) is 0 Å². The largest absolute Gasteiger partial charge is 0.390 e. The molecule has 2 bridgehead atoms. The monoisotopic (exact) mass is 206 g/mol. The molecule has 3 saturated carbocycles. The van der Waals surface area contributed by atoms with Crippen molar-refractivity contribution in [2.45, 2.75) is 36.6 Å². The molecule has 6 N–H and O–H groups in total. The Labute approximate surface area is 80.0 Å². The molecule has 3 aliphatic carbocycles. The molecule has 0 aromatic carbocycles. The molecule has 0 aliphatic heterocycles. The molecular formula is C8H14O6. The highest BCUT2D eigenvalue weighted by molar-refractivity contribution is 5.10. The van der Waals surface area contributed by atoms with E-state index >= 15 is 0 Å². The van der Waals surface area contributed by atoms with Gasteiger partial charge in [0.05, 0.1) is 36.6 Å². The molecule has 0 radical (unpaired) electrons. The molecule has 3 aliphatic rings. The molecule has 0 aromatic rings. The molecular weight excluding hydrogens is 192 g/mol. The lowest BCUT2D eigenvalue weighted by atomic mass is 9.61. The van der Waals surface area contributed by atoms with E-state index in [1.54, 1.807) is 0 Å². The van der Waals surface area contributed by atoms with Gasteiger partial charge in [-0.25, -0.2) is 0 Å². The Bertz CT molecular complexity index is 172. The standard InChI is InChI=1S/C8H14O6/c9-3-1-4(10)7(13)2(6(3)12)8(14)5(1)11/h1-14H/t1?,2?,3-,4-,5+,6-,7+,8-/m0/s1. The molecule has 0 spiro atoms. The lowest BCUT2D eigenvalue weighted by Crippen LogP contribution is -2.72. The minimum absolute atomic E-state index is 1.10. The Morgan fingerprint density at radius 1 is 0.357 bits per heavy atom. The maximum Gasteiger partial charge on any atom is 0.0883 e. The summed E-state index contributed by atoms with van der Waals surface area (Å²) in [6.07, 6.45) is -7.85. The van der Waals surface area contributed by atoms with Crippen LogP contribution in [0.1, 0.15) is 0 Å². The minimum Gasteiger partial charge on any atom is -0.390 e. The van der Waals surface area contributed by atoms with Crippen LogP contribution in [0.2, 0.25) is 0 Å². The highest BCUT2D eigenvalue weighted by atomic mass is 16.4. The predicted octanol–water partition coefficient (Wildman–Crippen LogP) is -3.59. The predicted molar refractivity (Wildman–Crippen MR) is 43.0 cm³/mol. The van der Waals surface area contributed by atoms with Crippen LogP contribution < -0.4 is 0 Å². The first kappa shape index (κ1) is 10.3. The first-order chi connectivity index (χ1) is 6.46. The molecule has 6 heteroatoms. The lowest BCUT2D eigenvalue weighted by Gasteiger charge is -2.54. The number of fused-ring (bicyclic) bond motifs is 3. The topological polar surface area (TPSA) is 121 Å². The second-order valence-electron chi connectivity index (χ2n) is 4.10. The number of aliphatic hydroxyl groups excluding tert-OH is 6. The Morgan fingerprint density at radius 2 is 0.500 bits per heavy atom. The van der Waals surface area contributed by atoms with Crippen molar-refractivity contribution in [1.29, 1.82) is 0 Å². The summed E-state index contributed by atoms with van der Waals surface area (Å²) >= 11 is 0. The van der Waals surface area contributed by atoms with E-state index in [4.69, 9.17) is 0 Å². The zero-order valence-corrected chi connectivity index (χ0v) is 7.30. The summed E-state index contributed by atoms with van der Waals surface area (Å²) < 4.78 is 0. The molecule has 14 heavy (non-hydrogen) atoms. The van der Waals surface area contributed by atoms with Gasteiger partial charge < -0.3 is 30.6 Å². The molecule has 0 aromatic heterocycles. The molecule has 2 unspecified atom stereocenters. The molecule has 0 amide bonds. The van der Waals surface area contributed by atoms with Gasteiger partial charge in [-0.3, -0.25) is 0 Å². The highest BCUT2D eigenvalue weighted by Crippen LogP contribution is 2.42. The molecule has 8 atom stereocenters. The zero-order chi connectivity index (χ0) is 10.6. The van der Waals surface area contributed by atoms with Crippen LogP contribution in [0, 0.1) is 11.8 Å². The molecule has 6 nitrogen and oxygen atoms in total. The van der Waals surface area contributed by atoms with Crippen molar-refractivity contribution >= 4 is 0 Å².